The maximum Gasteiger partial charge on any atom is 0.337 e. The van der Waals surface area contributed by atoms with Crippen molar-refractivity contribution in [2.75, 3.05) is 0 Å². The predicted molar refractivity (Wildman–Crippen MR) is 83.4 cm³/mol. The number of carbonyl (C=O) groups is 1. The minimum Gasteiger partial charge on any atom is -0.479 e. The Balaban J connectivity index is 2.47. The van der Waals surface area contributed by atoms with Crippen molar-refractivity contribution in [1.82, 2.24) is 0 Å². The zero-order chi connectivity index (χ0) is 14.8. The topological polar surface area (TPSA) is 74.4 Å². The molecule has 0 unspecified atom stereocenters. The molecular weight excluding hydrogens is 274 g/mol. The molecular formula is C14H25N3O2S. The molecule has 0 bridgehead atoms. The first-order chi connectivity index (χ1) is 9.69. The number of hydrogen-bond acceptors (Lipinski definition) is 5. The Hall–Kier alpha value is -0.910. The molecule has 1 N–H and O–H groups in total. The first-order valence-electron chi connectivity index (χ1n) is 7.56. The molecule has 1 aliphatic heterocycles. The van der Waals surface area contributed by atoms with Crippen molar-refractivity contribution < 1.29 is 9.90 Å². The second kappa shape index (κ2) is 9.91. The summed E-state index contributed by atoms with van der Waals surface area (Å²) in [4.78, 5) is 11.1. The summed E-state index contributed by atoms with van der Waals surface area (Å²) in [5.41, 5.74) is 0. The molecule has 1 atom stereocenters. The average molecular weight is 299 g/mol. The van der Waals surface area contributed by atoms with Crippen molar-refractivity contribution in [2.45, 2.75) is 76.5 Å². The van der Waals surface area contributed by atoms with E-state index in [2.05, 4.69) is 29.3 Å². The standard InChI is InChI=1S/C14H25N3O2S/c1-3-5-7-9-11(10-8-6-4-2)20-13-12(14(18)19)15-17-16-13/h11-12H,3-10H2,1-2H3,(H,18,19)/t12-/m1/s1. The van der Waals surface area contributed by atoms with Gasteiger partial charge in [-0.25, -0.2) is 4.79 Å². The highest BCUT2D eigenvalue weighted by molar-refractivity contribution is 8.14. The van der Waals surface area contributed by atoms with E-state index in [0.29, 0.717) is 10.3 Å². The van der Waals surface area contributed by atoms with Gasteiger partial charge in [-0.2, -0.15) is 0 Å². The van der Waals surface area contributed by atoms with E-state index in [9.17, 15) is 4.79 Å². The Bertz CT molecular complexity index is 348. The molecule has 0 aliphatic carbocycles. The summed E-state index contributed by atoms with van der Waals surface area (Å²) < 4.78 is 0. The molecule has 1 aliphatic rings. The van der Waals surface area contributed by atoms with Gasteiger partial charge in [0.05, 0.1) is 0 Å². The van der Waals surface area contributed by atoms with Gasteiger partial charge in [-0.05, 0) is 18.1 Å². The zero-order valence-corrected chi connectivity index (χ0v) is 13.2. The molecule has 0 saturated carbocycles. The molecule has 1 heterocycles. The molecule has 0 aromatic heterocycles. The van der Waals surface area contributed by atoms with Gasteiger partial charge in [0.1, 0.15) is 5.04 Å². The highest BCUT2D eigenvalue weighted by Gasteiger charge is 2.30. The lowest BCUT2D eigenvalue weighted by molar-refractivity contribution is -0.136. The Labute approximate surface area is 125 Å². The van der Waals surface area contributed by atoms with Gasteiger partial charge in [-0.3, -0.25) is 0 Å². The minimum absolute atomic E-state index is 0.442. The van der Waals surface area contributed by atoms with E-state index in [-0.39, 0.29) is 0 Å². The SMILES string of the molecule is CCCCCC(CCCCC)SC1=NN=N[C@H]1C(=O)O. The Morgan fingerprint density at radius 3 is 2.30 bits per heavy atom. The molecule has 1 rings (SSSR count). The molecule has 0 saturated heterocycles. The van der Waals surface area contributed by atoms with Crippen LogP contribution in [0.15, 0.2) is 15.4 Å². The Kier molecular flexibility index (Phi) is 8.49. The van der Waals surface area contributed by atoms with Crippen LogP contribution in [0.4, 0.5) is 0 Å². The van der Waals surface area contributed by atoms with Gasteiger partial charge in [-0.1, -0.05) is 52.4 Å². The van der Waals surface area contributed by atoms with Crippen molar-refractivity contribution in [3.05, 3.63) is 0 Å². The molecule has 20 heavy (non-hydrogen) atoms. The van der Waals surface area contributed by atoms with Gasteiger partial charge in [0.25, 0.3) is 0 Å². The summed E-state index contributed by atoms with van der Waals surface area (Å²) in [5.74, 6) is -0.960. The smallest absolute Gasteiger partial charge is 0.337 e. The fourth-order valence-corrected chi connectivity index (χ4v) is 3.42. The van der Waals surface area contributed by atoms with Crippen LogP contribution < -0.4 is 0 Å². The van der Waals surface area contributed by atoms with Crippen molar-refractivity contribution in [3.8, 4) is 0 Å². The average Bonchev–Trinajstić information content (AvgIpc) is 2.87. The van der Waals surface area contributed by atoms with E-state index in [1.165, 1.54) is 38.5 Å². The van der Waals surface area contributed by atoms with Crippen LogP contribution in [0.1, 0.15) is 65.2 Å². The van der Waals surface area contributed by atoms with Crippen LogP contribution in [0.5, 0.6) is 0 Å². The minimum atomic E-state index is -0.960. The van der Waals surface area contributed by atoms with E-state index in [4.69, 9.17) is 5.11 Å². The number of nitrogens with zero attached hydrogens (tertiary/aromatic N) is 3. The van der Waals surface area contributed by atoms with E-state index in [1.807, 2.05) is 0 Å². The maximum atomic E-state index is 11.1. The number of aliphatic carboxylic acids is 1. The van der Waals surface area contributed by atoms with E-state index < -0.39 is 12.0 Å². The van der Waals surface area contributed by atoms with Gasteiger partial charge in [0.15, 0.2) is 0 Å². The molecule has 6 heteroatoms. The quantitative estimate of drug-likeness (QED) is 0.604. The molecule has 0 radical (unpaired) electrons. The van der Waals surface area contributed by atoms with E-state index >= 15 is 0 Å². The van der Waals surface area contributed by atoms with Crippen LogP contribution in [-0.4, -0.2) is 27.4 Å². The highest BCUT2D eigenvalue weighted by Crippen LogP contribution is 2.28. The number of rotatable bonds is 10. The van der Waals surface area contributed by atoms with Crippen LogP contribution >= 0.6 is 11.8 Å². The molecule has 0 fully saturated rings. The molecule has 0 spiro atoms. The first-order valence-corrected chi connectivity index (χ1v) is 8.44. The second-order valence-corrected chi connectivity index (χ2v) is 6.44. The third kappa shape index (κ3) is 6.03. The normalized spacial score (nSPS) is 17.8. The number of hydrogen-bond donors (Lipinski definition) is 1. The maximum absolute atomic E-state index is 11.1. The highest BCUT2D eigenvalue weighted by atomic mass is 32.2. The Morgan fingerprint density at radius 2 is 1.80 bits per heavy atom. The van der Waals surface area contributed by atoms with Crippen molar-refractivity contribution >= 4 is 22.8 Å². The molecule has 0 aromatic rings. The summed E-state index contributed by atoms with van der Waals surface area (Å²) in [6, 6.07) is -0.875. The number of carboxylic acid groups (broad SMARTS) is 1. The van der Waals surface area contributed by atoms with Crippen molar-refractivity contribution in [1.29, 1.82) is 0 Å². The lowest BCUT2D eigenvalue weighted by Gasteiger charge is -2.16. The largest absolute Gasteiger partial charge is 0.479 e. The third-order valence-electron chi connectivity index (χ3n) is 3.32. The summed E-state index contributed by atoms with van der Waals surface area (Å²) >= 11 is 1.57. The lowest BCUT2D eigenvalue weighted by Crippen LogP contribution is -2.25. The van der Waals surface area contributed by atoms with Gasteiger partial charge in [0, 0.05) is 5.25 Å². The molecule has 0 aromatic carbocycles. The monoisotopic (exact) mass is 299 g/mol. The Morgan fingerprint density at radius 1 is 1.20 bits per heavy atom. The van der Waals surface area contributed by atoms with Crippen LogP contribution in [0, 0.1) is 0 Å². The van der Waals surface area contributed by atoms with E-state index in [0.717, 1.165) is 12.8 Å². The van der Waals surface area contributed by atoms with Gasteiger partial charge in [0.2, 0.25) is 6.04 Å². The van der Waals surface area contributed by atoms with Crippen molar-refractivity contribution in [2.24, 2.45) is 15.4 Å². The predicted octanol–water partition coefficient (Wildman–Crippen LogP) is 4.48. The van der Waals surface area contributed by atoms with E-state index in [1.54, 1.807) is 11.8 Å². The van der Waals surface area contributed by atoms with Crippen molar-refractivity contribution in [3.63, 3.8) is 0 Å². The fraction of sp³-hybridized carbons (Fsp3) is 0.857. The first kappa shape index (κ1) is 17.1. The van der Waals surface area contributed by atoms with Crippen LogP contribution in [-0.2, 0) is 4.79 Å². The van der Waals surface area contributed by atoms with Crippen LogP contribution in [0.3, 0.4) is 0 Å². The number of unbranched alkanes of at least 4 members (excludes halogenated alkanes) is 4. The van der Waals surface area contributed by atoms with Crippen LogP contribution in [0.2, 0.25) is 0 Å². The second-order valence-electron chi connectivity index (χ2n) is 5.12. The summed E-state index contributed by atoms with van der Waals surface area (Å²) in [7, 11) is 0. The van der Waals surface area contributed by atoms with Gasteiger partial charge in [-0.15, -0.1) is 22.0 Å². The number of carboxylic acids is 1. The third-order valence-corrected chi connectivity index (χ3v) is 4.68. The lowest BCUT2D eigenvalue weighted by atomic mass is 10.1. The summed E-state index contributed by atoms with van der Waals surface area (Å²) in [6.45, 7) is 4.39. The number of thioether (sulfide) groups is 1. The molecule has 0 amide bonds. The summed E-state index contributed by atoms with van der Waals surface area (Å²) in [6.07, 6.45) is 9.49. The van der Waals surface area contributed by atoms with Gasteiger partial charge >= 0.3 is 5.97 Å². The van der Waals surface area contributed by atoms with Gasteiger partial charge < -0.3 is 5.11 Å². The molecule has 114 valence electrons. The fourth-order valence-electron chi connectivity index (χ4n) is 2.15. The summed E-state index contributed by atoms with van der Waals surface area (Å²) in [5, 5.41) is 21.2. The zero-order valence-electron chi connectivity index (χ0n) is 12.4. The van der Waals surface area contributed by atoms with Crippen LogP contribution in [0.25, 0.3) is 0 Å². The molecule has 5 nitrogen and oxygen atoms in total.